The average molecular weight is 258 g/mol. The Morgan fingerprint density at radius 2 is 2.17 bits per heavy atom. The van der Waals surface area contributed by atoms with Crippen LogP contribution in [0, 0.1) is 0 Å². The summed E-state index contributed by atoms with van der Waals surface area (Å²) in [5, 5.41) is 2.10. The molecule has 3 nitrogen and oxygen atoms in total. The molecule has 0 N–H and O–H groups in total. The number of benzene rings is 1. The molecule has 0 amide bonds. The van der Waals surface area contributed by atoms with Gasteiger partial charge in [-0.25, -0.2) is 4.98 Å². The number of aryl methyl sites for hydroxylation is 1. The number of rotatable bonds is 3. The highest BCUT2D eigenvalue weighted by Gasteiger charge is 2.12. The maximum Gasteiger partial charge on any atom is 0.144 e. The molecule has 2 aromatic heterocycles. The van der Waals surface area contributed by atoms with Crippen LogP contribution in [0.25, 0.3) is 11.0 Å². The van der Waals surface area contributed by atoms with Gasteiger partial charge in [-0.3, -0.25) is 0 Å². The molecule has 0 aliphatic carbocycles. The van der Waals surface area contributed by atoms with Gasteiger partial charge in [-0.1, -0.05) is 12.1 Å². The summed E-state index contributed by atoms with van der Waals surface area (Å²) in [5.74, 6) is 1.94. The highest BCUT2D eigenvalue weighted by atomic mass is 32.1. The molecule has 0 radical (unpaired) electrons. The second-order valence-corrected chi connectivity index (χ2v) is 5.20. The van der Waals surface area contributed by atoms with Gasteiger partial charge in [0.25, 0.3) is 0 Å². The number of thiophene rings is 1. The Morgan fingerprint density at radius 3 is 2.89 bits per heavy atom. The summed E-state index contributed by atoms with van der Waals surface area (Å²) >= 11 is 1.76. The minimum Gasteiger partial charge on any atom is -0.494 e. The van der Waals surface area contributed by atoms with Gasteiger partial charge in [-0.2, -0.15) is 0 Å². The summed E-state index contributed by atoms with van der Waals surface area (Å²) in [5.41, 5.74) is 2.05. The molecule has 0 aliphatic rings. The maximum absolute atomic E-state index is 5.40. The van der Waals surface area contributed by atoms with E-state index >= 15 is 0 Å². The van der Waals surface area contributed by atoms with Crippen LogP contribution in [0.3, 0.4) is 0 Å². The molecule has 18 heavy (non-hydrogen) atoms. The van der Waals surface area contributed by atoms with E-state index in [0.29, 0.717) is 0 Å². The topological polar surface area (TPSA) is 27.1 Å². The van der Waals surface area contributed by atoms with Crippen LogP contribution in [0.1, 0.15) is 10.7 Å². The third-order valence-electron chi connectivity index (χ3n) is 3.08. The quantitative estimate of drug-likeness (QED) is 0.721. The van der Waals surface area contributed by atoms with Crippen molar-refractivity contribution in [3.8, 4) is 5.75 Å². The Morgan fingerprint density at radius 1 is 1.28 bits per heavy atom. The molecule has 0 aliphatic heterocycles. The van der Waals surface area contributed by atoms with E-state index in [1.165, 1.54) is 4.88 Å². The van der Waals surface area contributed by atoms with Crippen LogP contribution in [0.15, 0.2) is 35.7 Å². The SMILES string of the molecule is COc1cccc2nc(Cc3cccs3)n(C)c12. The summed E-state index contributed by atoms with van der Waals surface area (Å²) in [6.07, 6.45) is 0.867. The van der Waals surface area contributed by atoms with Crippen LogP contribution in [-0.4, -0.2) is 16.7 Å². The Balaban J connectivity index is 2.11. The molecule has 2 heterocycles. The highest BCUT2D eigenvalue weighted by Crippen LogP contribution is 2.26. The predicted octanol–water partition coefficient (Wildman–Crippen LogP) is 3.23. The lowest BCUT2D eigenvalue weighted by Crippen LogP contribution is -1.98. The molecule has 1 aromatic carbocycles. The fraction of sp³-hybridized carbons (Fsp3) is 0.214. The Hall–Kier alpha value is -1.81. The van der Waals surface area contributed by atoms with Gasteiger partial charge in [0.15, 0.2) is 0 Å². The van der Waals surface area contributed by atoms with Gasteiger partial charge >= 0.3 is 0 Å². The third-order valence-corrected chi connectivity index (χ3v) is 3.96. The molecule has 3 rings (SSSR count). The molecule has 0 bridgehead atoms. The number of imidazole rings is 1. The van der Waals surface area contributed by atoms with E-state index in [4.69, 9.17) is 4.74 Å². The first kappa shape index (κ1) is 11.3. The van der Waals surface area contributed by atoms with Crippen LogP contribution in [0.2, 0.25) is 0 Å². The van der Waals surface area contributed by atoms with E-state index in [-0.39, 0.29) is 0 Å². The number of fused-ring (bicyclic) bond motifs is 1. The third kappa shape index (κ3) is 1.78. The lowest BCUT2D eigenvalue weighted by molar-refractivity contribution is 0.418. The van der Waals surface area contributed by atoms with Gasteiger partial charge in [-0.05, 0) is 23.6 Å². The largest absolute Gasteiger partial charge is 0.494 e. The molecule has 0 fully saturated rings. The molecule has 3 aromatic rings. The van der Waals surface area contributed by atoms with Crippen molar-refractivity contribution in [2.75, 3.05) is 7.11 Å². The number of hydrogen-bond donors (Lipinski definition) is 0. The van der Waals surface area contributed by atoms with Crippen LogP contribution < -0.4 is 4.74 Å². The van der Waals surface area contributed by atoms with Crippen molar-refractivity contribution in [3.05, 3.63) is 46.4 Å². The lowest BCUT2D eigenvalue weighted by Gasteiger charge is -2.04. The van der Waals surface area contributed by atoms with Crippen molar-refractivity contribution in [1.29, 1.82) is 0 Å². The number of nitrogens with zero attached hydrogens (tertiary/aromatic N) is 2. The van der Waals surface area contributed by atoms with E-state index in [1.807, 2.05) is 25.2 Å². The van der Waals surface area contributed by atoms with Crippen LogP contribution in [0.4, 0.5) is 0 Å². The van der Waals surface area contributed by atoms with Crippen molar-refractivity contribution >= 4 is 22.4 Å². The molecule has 0 spiro atoms. The van der Waals surface area contributed by atoms with Gasteiger partial charge in [0, 0.05) is 18.3 Å². The summed E-state index contributed by atoms with van der Waals surface area (Å²) in [7, 11) is 3.74. The number of aromatic nitrogens is 2. The van der Waals surface area contributed by atoms with E-state index < -0.39 is 0 Å². The van der Waals surface area contributed by atoms with Crippen molar-refractivity contribution in [2.24, 2.45) is 7.05 Å². The van der Waals surface area contributed by atoms with E-state index in [9.17, 15) is 0 Å². The molecule has 0 unspecified atom stereocenters. The van der Waals surface area contributed by atoms with Gasteiger partial charge in [0.05, 0.1) is 12.6 Å². The standard InChI is InChI=1S/C14H14N2OS/c1-16-13(9-10-5-4-8-18-10)15-11-6-3-7-12(17-2)14(11)16/h3-8H,9H2,1-2H3. The molecule has 92 valence electrons. The first-order valence-electron chi connectivity index (χ1n) is 5.80. The smallest absolute Gasteiger partial charge is 0.144 e. The Labute approximate surface area is 110 Å². The Bertz CT molecular complexity index is 670. The van der Waals surface area contributed by atoms with Crippen LogP contribution in [-0.2, 0) is 13.5 Å². The summed E-state index contributed by atoms with van der Waals surface area (Å²) < 4.78 is 7.52. The van der Waals surface area contributed by atoms with Gasteiger partial charge < -0.3 is 9.30 Å². The molecular formula is C14H14N2OS. The molecule has 0 saturated carbocycles. The summed E-state index contributed by atoms with van der Waals surface area (Å²) in [4.78, 5) is 6.01. The van der Waals surface area contributed by atoms with Crippen LogP contribution >= 0.6 is 11.3 Å². The summed E-state index contributed by atoms with van der Waals surface area (Å²) in [6, 6.07) is 10.2. The predicted molar refractivity (Wildman–Crippen MR) is 74.4 cm³/mol. The van der Waals surface area contributed by atoms with Crippen molar-refractivity contribution in [2.45, 2.75) is 6.42 Å². The maximum atomic E-state index is 5.40. The fourth-order valence-corrected chi connectivity index (χ4v) is 2.87. The number of methoxy groups -OCH3 is 1. The molecule has 0 saturated heterocycles. The monoisotopic (exact) mass is 258 g/mol. The first-order chi connectivity index (χ1) is 8.79. The van der Waals surface area contributed by atoms with E-state index in [0.717, 1.165) is 29.0 Å². The normalized spacial score (nSPS) is 11.0. The zero-order valence-electron chi connectivity index (χ0n) is 10.4. The minimum absolute atomic E-state index is 0.867. The highest BCUT2D eigenvalue weighted by molar-refractivity contribution is 7.09. The van der Waals surface area contributed by atoms with E-state index in [2.05, 4.69) is 27.1 Å². The van der Waals surface area contributed by atoms with Crippen molar-refractivity contribution < 1.29 is 4.74 Å². The number of hydrogen-bond acceptors (Lipinski definition) is 3. The zero-order valence-corrected chi connectivity index (χ0v) is 11.2. The van der Waals surface area contributed by atoms with Crippen LogP contribution in [0.5, 0.6) is 5.75 Å². The summed E-state index contributed by atoms with van der Waals surface area (Å²) in [6.45, 7) is 0. The molecule has 4 heteroatoms. The lowest BCUT2D eigenvalue weighted by atomic mass is 10.3. The fourth-order valence-electron chi connectivity index (χ4n) is 2.17. The average Bonchev–Trinajstić information content (AvgIpc) is 2.99. The van der Waals surface area contributed by atoms with Crippen molar-refractivity contribution in [3.63, 3.8) is 0 Å². The minimum atomic E-state index is 0.867. The molecule has 0 atom stereocenters. The van der Waals surface area contributed by atoms with Crippen molar-refractivity contribution in [1.82, 2.24) is 9.55 Å². The Kier molecular flexibility index (Phi) is 2.80. The number of ether oxygens (including phenoxy) is 1. The number of para-hydroxylation sites is 1. The van der Waals surface area contributed by atoms with Gasteiger partial charge in [-0.15, -0.1) is 11.3 Å². The van der Waals surface area contributed by atoms with Gasteiger partial charge in [0.1, 0.15) is 17.1 Å². The second kappa shape index (κ2) is 4.46. The zero-order chi connectivity index (χ0) is 12.5. The van der Waals surface area contributed by atoms with E-state index in [1.54, 1.807) is 18.4 Å². The van der Waals surface area contributed by atoms with Gasteiger partial charge in [0.2, 0.25) is 0 Å². The second-order valence-electron chi connectivity index (χ2n) is 4.17. The first-order valence-corrected chi connectivity index (χ1v) is 6.68. The molecular weight excluding hydrogens is 244 g/mol.